The van der Waals surface area contributed by atoms with Crippen LogP contribution in [0.3, 0.4) is 0 Å². The van der Waals surface area contributed by atoms with E-state index in [0.717, 1.165) is 16.9 Å². The normalized spacial score (nSPS) is 18.8. The van der Waals surface area contributed by atoms with Crippen LogP contribution in [-0.4, -0.2) is 19.1 Å². The van der Waals surface area contributed by atoms with Crippen molar-refractivity contribution in [3.05, 3.63) is 22.3 Å². The Bertz CT molecular complexity index is 381. The fraction of sp³-hybridized carbons (Fsp3) is 0.765. The topological polar surface area (TPSA) is 0 Å². The third kappa shape index (κ3) is 2.93. The van der Waals surface area contributed by atoms with Crippen LogP contribution in [0.25, 0.3) is 0 Å². The van der Waals surface area contributed by atoms with Crippen LogP contribution < -0.4 is 0 Å². The van der Waals surface area contributed by atoms with E-state index in [1.807, 2.05) is 0 Å². The maximum absolute atomic E-state index is 2.66. The van der Waals surface area contributed by atoms with E-state index in [4.69, 9.17) is 0 Å². The van der Waals surface area contributed by atoms with Gasteiger partial charge < -0.3 is 0 Å². The van der Waals surface area contributed by atoms with Crippen LogP contribution in [0.15, 0.2) is 22.3 Å². The highest BCUT2D eigenvalue weighted by Crippen LogP contribution is 2.63. The highest BCUT2D eigenvalue weighted by atomic mass is 31.4. The van der Waals surface area contributed by atoms with Crippen molar-refractivity contribution in [1.29, 1.82) is 0 Å². The third-order valence-corrected chi connectivity index (χ3v) is 18.8. The molecule has 0 aromatic carbocycles. The van der Waals surface area contributed by atoms with Gasteiger partial charge >= 0.3 is 0 Å². The predicted octanol–water partition coefficient (Wildman–Crippen LogP) is 6.55. The standard InChI is InChI=1S/C17H33PSi/c1-11(2)18(12(3)4)19(9,10)17-15(7)13(5)14(6)16(17)8/h11-12,17H,1-10H3. The highest BCUT2D eigenvalue weighted by Gasteiger charge is 2.45. The lowest BCUT2D eigenvalue weighted by Crippen LogP contribution is -2.36. The number of rotatable bonds is 4. The van der Waals surface area contributed by atoms with E-state index in [0.29, 0.717) is 0 Å². The molecular formula is C17H33PSi. The van der Waals surface area contributed by atoms with Gasteiger partial charge in [0.2, 0.25) is 0 Å². The van der Waals surface area contributed by atoms with E-state index in [1.165, 1.54) is 0 Å². The zero-order valence-corrected chi connectivity index (χ0v) is 16.6. The molecule has 0 spiro atoms. The molecule has 19 heavy (non-hydrogen) atoms. The summed E-state index contributed by atoms with van der Waals surface area (Å²) < 4.78 is 0. The molecule has 0 unspecified atom stereocenters. The molecule has 0 amide bonds. The molecule has 0 aliphatic heterocycles. The minimum absolute atomic E-state index is 0.146. The van der Waals surface area contributed by atoms with Crippen LogP contribution in [0.5, 0.6) is 0 Å². The van der Waals surface area contributed by atoms with E-state index in [9.17, 15) is 0 Å². The van der Waals surface area contributed by atoms with Gasteiger partial charge in [-0.25, -0.2) is 0 Å². The fourth-order valence-electron chi connectivity index (χ4n) is 4.49. The summed E-state index contributed by atoms with van der Waals surface area (Å²) in [4.78, 5) is 0. The van der Waals surface area contributed by atoms with Crippen LogP contribution in [0.1, 0.15) is 55.4 Å². The Morgan fingerprint density at radius 3 is 1.37 bits per heavy atom. The number of hydrogen-bond acceptors (Lipinski definition) is 0. The second kappa shape index (κ2) is 5.86. The Hall–Kier alpha value is 0.127. The molecule has 0 radical (unpaired) electrons. The maximum atomic E-state index is 2.66. The van der Waals surface area contributed by atoms with Crippen molar-refractivity contribution in [3.63, 3.8) is 0 Å². The van der Waals surface area contributed by atoms with Gasteiger partial charge in [-0.3, -0.25) is 0 Å². The molecule has 2 heteroatoms. The molecule has 0 saturated carbocycles. The van der Waals surface area contributed by atoms with E-state index < -0.39 is 7.74 Å². The number of hydrogen-bond donors (Lipinski definition) is 0. The summed E-state index contributed by atoms with van der Waals surface area (Å²) in [5.41, 5.74) is 9.03. The Labute approximate surface area is 123 Å². The average molecular weight is 297 g/mol. The number of allylic oxidation sites excluding steroid dienone is 4. The molecule has 0 N–H and O–H groups in total. The van der Waals surface area contributed by atoms with Gasteiger partial charge in [0.1, 0.15) is 0 Å². The second-order valence-electron chi connectivity index (χ2n) is 7.30. The van der Waals surface area contributed by atoms with Gasteiger partial charge in [0.25, 0.3) is 0 Å². The SMILES string of the molecule is CC1=C(C)C([Si](C)(C)P(C(C)C)C(C)C)C(C)=C1C. The molecule has 0 aromatic heterocycles. The molecule has 0 saturated heterocycles. The van der Waals surface area contributed by atoms with E-state index in [1.54, 1.807) is 22.3 Å². The van der Waals surface area contributed by atoms with Crippen molar-refractivity contribution in [2.24, 2.45) is 0 Å². The first-order valence-electron chi connectivity index (χ1n) is 7.67. The van der Waals surface area contributed by atoms with E-state index >= 15 is 0 Å². The van der Waals surface area contributed by atoms with E-state index in [2.05, 4.69) is 68.5 Å². The molecule has 0 nitrogen and oxygen atoms in total. The summed E-state index contributed by atoms with van der Waals surface area (Å²) in [5.74, 6) is 0. The van der Waals surface area contributed by atoms with Crippen molar-refractivity contribution >= 4 is 15.2 Å². The van der Waals surface area contributed by atoms with Crippen LogP contribution >= 0.6 is 7.47 Å². The highest BCUT2D eigenvalue weighted by molar-refractivity contribution is 7.96. The van der Waals surface area contributed by atoms with Crippen molar-refractivity contribution in [3.8, 4) is 0 Å². The average Bonchev–Trinajstić information content (AvgIpc) is 2.41. The predicted molar refractivity (Wildman–Crippen MR) is 95.2 cm³/mol. The molecule has 1 rings (SSSR count). The second-order valence-corrected chi connectivity index (χ2v) is 19.1. The minimum atomic E-state index is -1.29. The van der Waals surface area contributed by atoms with Gasteiger partial charge in [0.15, 0.2) is 0 Å². The molecule has 1 aliphatic carbocycles. The largest absolute Gasteiger partial charge is 0.112 e. The van der Waals surface area contributed by atoms with Crippen LogP contribution in [0, 0.1) is 0 Å². The van der Waals surface area contributed by atoms with Gasteiger partial charge in [-0.15, -0.1) is 7.47 Å². The summed E-state index contributed by atoms with van der Waals surface area (Å²) in [6.07, 6.45) is 0. The van der Waals surface area contributed by atoms with Crippen molar-refractivity contribution < 1.29 is 0 Å². The van der Waals surface area contributed by atoms with E-state index in [-0.39, 0.29) is 7.47 Å². The van der Waals surface area contributed by atoms with Crippen molar-refractivity contribution in [2.45, 2.75) is 85.3 Å². The van der Waals surface area contributed by atoms with Crippen molar-refractivity contribution in [1.82, 2.24) is 0 Å². The molecule has 0 bridgehead atoms. The van der Waals surface area contributed by atoms with Gasteiger partial charge in [-0.2, -0.15) is 0 Å². The quantitative estimate of drug-likeness (QED) is 0.408. The summed E-state index contributed by atoms with van der Waals surface area (Å²) in [6, 6.07) is 0. The minimum Gasteiger partial charge on any atom is -0.112 e. The van der Waals surface area contributed by atoms with Crippen LogP contribution in [0.4, 0.5) is 0 Å². The van der Waals surface area contributed by atoms with Gasteiger partial charge in [0.05, 0.1) is 7.74 Å². The summed E-state index contributed by atoms with van der Waals surface area (Å²) in [5, 5.41) is 0. The Morgan fingerprint density at radius 2 is 1.11 bits per heavy atom. The molecule has 0 heterocycles. The fourth-order valence-corrected chi connectivity index (χ4v) is 21.2. The van der Waals surface area contributed by atoms with Crippen LogP contribution in [-0.2, 0) is 0 Å². The summed E-state index contributed by atoms with van der Waals surface area (Å²) in [6.45, 7) is 24.6. The lowest BCUT2D eigenvalue weighted by Gasteiger charge is -2.44. The lowest BCUT2D eigenvalue weighted by atomic mass is 10.1. The van der Waals surface area contributed by atoms with Crippen LogP contribution in [0.2, 0.25) is 18.6 Å². The summed E-state index contributed by atoms with van der Waals surface area (Å²) >= 11 is 0. The Morgan fingerprint density at radius 1 is 0.789 bits per heavy atom. The van der Waals surface area contributed by atoms with Gasteiger partial charge in [0, 0.05) is 5.54 Å². The Balaban J connectivity index is 3.28. The molecule has 110 valence electrons. The Kier molecular flexibility index (Phi) is 5.30. The molecule has 0 atom stereocenters. The first-order valence-corrected chi connectivity index (χ1v) is 13.1. The zero-order valence-electron chi connectivity index (χ0n) is 14.7. The smallest absolute Gasteiger partial charge is 0.0869 e. The monoisotopic (exact) mass is 296 g/mol. The molecule has 0 fully saturated rings. The first kappa shape index (κ1) is 17.2. The first-order chi connectivity index (χ1) is 8.53. The molecule has 1 aliphatic rings. The van der Waals surface area contributed by atoms with Crippen molar-refractivity contribution in [2.75, 3.05) is 0 Å². The van der Waals surface area contributed by atoms with Gasteiger partial charge in [-0.05, 0) is 50.2 Å². The summed E-state index contributed by atoms with van der Waals surface area (Å²) in [7, 11) is -1.14. The third-order valence-electron chi connectivity index (χ3n) is 5.10. The maximum Gasteiger partial charge on any atom is 0.0869 e. The molecule has 0 aromatic rings. The zero-order chi connectivity index (χ0) is 15.1. The molecular weight excluding hydrogens is 263 g/mol. The lowest BCUT2D eigenvalue weighted by molar-refractivity contribution is 1.01. The van der Waals surface area contributed by atoms with Gasteiger partial charge in [-0.1, -0.05) is 51.9 Å².